The lowest BCUT2D eigenvalue weighted by Crippen LogP contribution is -2.28. The van der Waals surface area contributed by atoms with Gasteiger partial charge in [0, 0.05) is 16.1 Å². The van der Waals surface area contributed by atoms with Crippen molar-refractivity contribution in [2.45, 2.75) is 26.4 Å². The van der Waals surface area contributed by atoms with E-state index in [0.717, 1.165) is 11.1 Å². The van der Waals surface area contributed by atoms with Gasteiger partial charge in [0.1, 0.15) is 11.3 Å². The summed E-state index contributed by atoms with van der Waals surface area (Å²) in [6, 6.07) is 16.2. The van der Waals surface area contributed by atoms with Gasteiger partial charge in [-0.2, -0.15) is 15.0 Å². The van der Waals surface area contributed by atoms with E-state index in [0.29, 0.717) is 26.4 Å². The van der Waals surface area contributed by atoms with Gasteiger partial charge in [-0.15, -0.1) is 0 Å². The van der Waals surface area contributed by atoms with E-state index in [-0.39, 0.29) is 0 Å². The molecule has 0 saturated heterocycles. The Morgan fingerprint density at radius 2 is 1.68 bits per heavy atom. The van der Waals surface area contributed by atoms with Crippen molar-refractivity contribution in [3.63, 3.8) is 0 Å². The molecule has 3 rings (SSSR count). The van der Waals surface area contributed by atoms with E-state index in [4.69, 9.17) is 21.6 Å². The fourth-order valence-corrected chi connectivity index (χ4v) is 3.41. The quantitative estimate of drug-likeness (QED) is 0.453. The maximum atomic E-state index is 12.8. The highest BCUT2D eigenvalue weighted by Gasteiger charge is 2.26. The Morgan fingerprint density at radius 3 is 2.21 bits per heavy atom. The lowest BCUT2D eigenvalue weighted by Gasteiger charge is -2.19. The molecule has 2 aromatic carbocycles. The zero-order valence-corrected chi connectivity index (χ0v) is 17.9. The number of nitrogens with zero attached hydrogens (tertiary/aromatic N) is 3. The number of halogens is 2. The molecule has 0 bridgehead atoms. The molecule has 0 fully saturated rings. The van der Waals surface area contributed by atoms with Gasteiger partial charge < -0.3 is 4.74 Å². The second-order valence-electron chi connectivity index (χ2n) is 7.10. The van der Waals surface area contributed by atoms with Crippen LogP contribution < -0.4 is 0 Å². The Labute approximate surface area is 176 Å². The number of hydrogen-bond donors (Lipinski definition) is 0. The summed E-state index contributed by atoms with van der Waals surface area (Å²) in [7, 11) is 0. The summed E-state index contributed by atoms with van der Waals surface area (Å²) in [6.45, 7) is 5.39. The van der Waals surface area contributed by atoms with Crippen LogP contribution in [0.5, 0.6) is 0 Å². The summed E-state index contributed by atoms with van der Waals surface area (Å²) < 4.78 is 7.40. The summed E-state index contributed by atoms with van der Waals surface area (Å²) in [4.78, 5) is 12.8. The first kappa shape index (κ1) is 20.1. The van der Waals surface area contributed by atoms with Crippen molar-refractivity contribution >= 4 is 33.6 Å². The minimum Gasteiger partial charge on any atom is -0.442 e. The number of hydrogen-bond acceptors (Lipinski definition) is 4. The van der Waals surface area contributed by atoms with E-state index in [1.807, 2.05) is 12.1 Å². The van der Waals surface area contributed by atoms with Crippen LogP contribution in [0.15, 0.2) is 53.0 Å². The van der Waals surface area contributed by atoms with E-state index in [2.05, 4.69) is 27.1 Å². The Balaban J connectivity index is 2.18. The standard InChI is InChI=1S/C21H17BrClN3O2/c1-21(2,3)28-20(27)26-19(15-6-4-13(12-24)5-7-15)17(22)18(25-26)14-8-10-16(23)11-9-14/h4-11H,1-3H3. The number of rotatable bonds is 2. The first-order chi connectivity index (χ1) is 13.2. The SMILES string of the molecule is CC(C)(C)OC(=O)n1nc(-c2ccc(Cl)cc2)c(Br)c1-c1ccc(C#N)cc1. The monoisotopic (exact) mass is 457 g/mol. The van der Waals surface area contributed by atoms with Crippen LogP contribution in [0.2, 0.25) is 5.02 Å². The number of carbonyl (C=O) groups excluding carboxylic acids is 1. The average molecular weight is 459 g/mol. The second kappa shape index (κ2) is 7.78. The van der Waals surface area contributed by atoms with Crippen molar-refractivity contribution in [3.8, 4) is 28.6 Å². The van der Waals surface area contributed by atoms with Crippen LogP contribution in [0.25, 0.3) is 22.5 Å². The third-order valence-electron chi connectivity index (χ3n) is 3.80. The molecular weight excluding hydrogens is 442 g/mol. The predicted molar refractivity (Wildman–Crippen MR) is 112 cm³/mol. The van der Waals surface area contributed by atoms with Gasteiger partial charge in [0.25, 0.3) is 0 Å². The van der Waals surface area contributed by atoms with Gasteiger partial charge in [-0.3, -0.25) is 0 Å². The predicted octanol–water partition coefficient (Wildman–Crippen LogP) is 6.29. The van der Waals surface area contributed by atoms with E-state index in [9.17, 15) is 4.79 Å². The molecule has 0 atom stereocenters. The van der Waals surface area contributed by atoms with Crippen molar-refractivity contribution in [1.82, 2.24) is 9.78 Å². The number of nitriles is 1. The Kier molecular flexibility index (Phi) is 5.59. The summed E-state index contributed by atoms with van der Waals surface area (Å²) in [5.74, 6) is 0. The van der Waals surface area contributed by atoms with Crippen LogP contribution in [0.1, 0.15) is 26.3 Å². The van der Waals surface area contributed by atoms with Gasteiger partial charge >= 0.3 is 6.09 Å². The smallest absolute Gasteiger partial charge is 0.435 e. The van der Waals surface area contributed by atoms with Crippen LogP contribution in [-0.2, 0) is 4.74 Å². The van der Waals surface area contributed by atoms with Crippen molar-refractivity contribution in [2.75, 3.05) is 0 Å². The zero-order valence-electron chi connectivity index (χ0n) is 15.5. The van der Waals surface area contributed by atoms with Gasteiger partial charge in [-0.1, -0.05) is 35.9 Å². The molecule has 142 valence electrons. The highest BCUT2D eigenvalue weighted by Crippen LogP contribution is 2.37. The lowest BCUT2D eigenvalue weighted by molar-refractivity contribution is 0.0518. The molecule has 0 N–H and O–H groups in total. The van der Waals surface area contributed by atoms with Crippen LogP contribution in [0, 0.1) is 11.3 Å². The van der Waals surface area contributed by atoms with E-state index >= 15 is 0 Å². The molecule has 0 radical (unpaired) electrons. The van der Waals surface area contributed by atoms with Crippen LogP contribution >= 0.6 is 27.5 Å². The maximum Gasteiger partial charge on any atom is 0.435 e. The van der Waals surface area contributed by atoms with Gasteiger partial charge in [-0.05, 0) is 61.0 Å². The van der Waals surface area contributed by atoms with Gasteiger partial charge in [-0.25, -0.2) is 4.79 Å². The van der Waals surface area contributed by atoms with Gasteiger partial charge in [0.2, 0.25) is 0 Å². The molecule has 3 aromatic rings. The highest BCUT2D eigenvalue weighted by atomic mass is 79.9. The molecule has 0 aliphatic rings. The van der Waals surface area contributed by atoms with E-state index < -0.39 is 11.7 Å². The third kappa shape index (κ3) is 4.27. The number of ether oxygens (including phenoxy) is 1. The fraction of sp³-hybridized carbons (Fsp3) is 0.190. The minimum absolute atomic E-state index is 0.529. The summed E-state index contributed by atoms with van der Waals surface area (Å²) >= 11 is 9.57. The molecule has 0 saturated carbocycles. The van der Waals surface area contributed by atoms with Crippen LogP contribution in [0.3, 0.4) is 0 Å². The van der Waals surface area contributed by atoms with E-state index in [1.165, 1.54) is 4.68 Å². The molecule has 5 nitrogen and oxygen atoms in total. The summed E-state index contributed by atoms with van der Waals surface area (Å²) in [5, 5.41) is 14.1. The second-order valence-corrected chi connectivity index (χ2v) is 8.33. The molecule has 0 amide bonds. The van der Waals surface area contributed by atoms with Crippen molar-refractivity contribution < 1.29 is 9.53 Å². The molecule has 0 aliphatic carbocycles. The molecule has 7 heteroatoms. The normalized spacial score (nSPS) is 11.1. The zero-order chi connectivity index (χ0) is 20.5. The van der Waals surface area contributed by atoms with Gasteiger partial charge in [0.05, 0.1) is 21.8 Å². The molecular formula is C21H17BrClN3O2. The summed E-state index contributed by atoms with van der Waals surface area (Å²) in [6.07, 6.45) is -0.590. The maximum absolute atomic E-state index is 12.8. The molecule has 1 aromatic heterocycles. The lowest BCUT2D eigenvalue weighted by atomic mass is 10.1. The van der Waals surface area contributed by atoms with Crippen molar-refractivity contribution in [2.24, 2.45) is 0 Å². The fourth-order valence-electron chi connectivity index (χ4n) is 2.58. The average Bonchev–Trinajstić information content (AvgIpc) is 2.98. The Hall–Kier alpha value is -2.62. The van der Waals surface area contributed by atoms with Crippen LogP contribution in [0.4, 0.5) is 4.79 Å². The molecule has 1 heterocycles. The van der Waals surface area contributed by atoms with Crippen LogP contribution in [-0.4, -0.2) is 21.5 Å². The third-order valence-corrected chi connectivity index (χ3v) is 4.80. The van der Waals surface area contributed by atoms with Gasteiger partial charge in [0.15, 0.2) is 0 Å². The first-order valence-electron chi connectivity index (χ1n) is 8.48. The molecule has 0 unspecified atom stereocenters. The highest BCUT2D eigenvalue weighted by molar-refractivity contribution is 9.10. The first-order valence-corrected chi connectivity index (χ1v) is 9.65. The minimum atomic E-state index is -0.669. The largest absolute Gasteiger partial charge is 0.442 e. The number of benzene rings is 2. The molecule has 0 spiro atoms. The van der Waals surface area contributed by atoms with E-state index in [1.54, 1.807) is 57.2 Å². The Bertz CT molecular complexity index is 1060. The van der Waals surface area contributed by atoms with Crippen molar-refractivity contribution in [3.05, 3.63) is 63.6 Å². The molecule has 28 heavy (non-hydrogen) atoms. The number of carbonyl (C=O) groups is 1. The Morgan fingerprint density at radius 1 is 1.11 bits per heavy atom. The molecule has 0 aliphatic heterocycles. The summed E-state index contributed by atoms with van der Waals surface area (Å²) in [5.41, 5.74) is 2.52. The topological polar surface area (TPSA) is 67.9 Å². The number of aromatic nitrogens is 2. The van der Waals surface area contributed by atoms with Crippen molar-refractivity contribution in [1.29, 1.82) is 5.26 Å².